The molecule has 1 aromatic carbocycles. The van der Waals surface area contributed by atoms with E-state index in [2.05, 4.69) is 41.4 Å². The summed E-state index contributed by atoms with van der Waals surface area (Å²) in [6, 6.07) is 12.5. The van der Waals surface area contributed by atoms with Gasteiger partial charge in [0.25, 0.3) is 0 Å². The molecular weight excluding hydrogens is 312 g/mol. The number of aromatic nitrogens is 3. The number of hydrogen-bond donors (Lipinski definition) is 2. The van der Waals surface area contributed by atoms with Crippen molar-refractivity contribution in [2.45, 2.75) is 39.2 Å². The largest absolute Gasteiger partial charge is 0.396 e. The van der Waals surface area contributed by atoms with Gasteiger partial charge in [0.2, 0.25) is 0 Å². The van der Waals surface area contributed by atoms with Gasteiger partial charge in [0.15, 0.2) is 5.65 Å². The Morgan fingerprint density at radius 3 is 2.68 bits per heavy atom. The molecule has 0 saturated carbocycles. The third kappa shape index (κ3) is 3.89. The lowest BCUT2D eigenvalue weighted by atomic mass is 9.95. The minimum atomic E-state index is 0.159. The highest BCUT2D eigenvalue weighted by atomic mass is 16.3. The van der Waals surface area contributed by atoms with Crippen LogP contribution in [0.3, 0.4) is 0 Å². The van der Waals surface area contributed by atoms with Crippen molar-refractivity contribution in [2.75, 3.05) is 13.2 Å². The van der Waals surface area contributed by atoms with Gasteiger partial charge in [0.1, 0.15) is 0 Å². The maximum Gasteiger partial charge on any atom is 0.155 e. The van der Waals surface area contributed by atoms with Crippen LogP contribution in [0.1, 0.15) is 47.8 Å². The van der Waals surface area contributed by atoms with Crippen molar-refractivity contribution < 1.29 is 5.11 Å². The molecule has 132 valence electrons. The van der Waals surface area contributed by atoms with Crippen LogP contribution in [0, 0.1) is 13.8 Å². The average molecular weight is 338 g/mol. The molecule has 2 heterocycles. The molecule has 0 saturated heterocycles. The molecular formula is C20H26N4O. The SMILES string of the molecule is Cc1cc2ncc(C(C)NCC(CCO)c3ccccc3)c(C)n2n1. The lowest BCUT2D eigenvalue weighted by Gasteiger charge is -2.22. The maximum absolute atomic E-state index is 9.40. The average Bonchev–Trinajstić information content (AvgIpc) is 3.01. The van der Waals surface area contributed by atoms with Crippen molar-refractivity contribution in [1.29, 1.82) is 0 Å². The van der Waals surface area contributed by atoms with Gasteiger partial charge in [-0.15, -0.1) is 0 Å². The van der Waals surface area contributed by atoms with Crippen molar-refractivity contribution in [3.05, 3.63) is 65.1 Å². The summed E-state index contributed by atoms with van der Waals surface area (Å²) in [4.78, 5) is 4.53. The third-order valence-corrected chi connectivity index (χ3v) is 4.77. The molecule has 25 heavy (non-hydrogen) atoms. The van der Waals surface area contributed by atoms with Gasteiger partial charge < -0.3 is 10.4 Å². The Hall–Kier alpha value is -2.24. The van der Waals surface area contributed by atoms with Gasteiger partial charge in [0, 0.05) is 42.7 Å². The Bertz CT molecular complexity index is 828. The first-order valence-corrected chi connectivity index (χ1v) is 8.81. The first-order valence-electron chi connectivity index (χ1n) is 8.81. The van der Waals surface area contributed by atoms with E-state index in [0.717, 1.165) is 35.6 Å². The molecule has 3 aromatic rings. The number of nitrogens with zero attached hydrogens (tertiary/aromatic N) is 3. The maximum atomic E-state index is 9.40. The number of hydrogen-bond acceptors (Lipinski definition) is 4. The predicted molar refractivity (Wildman–Crippen MR) is 99.8 cm³/mol. The van der Waals surface area contributed by atoms with Crippen LogP contribution in [-0.4, -0.2) is 32.9 Å². The summed E-state index contributed by atoms with van der Waals surface area (Å²) in [6.45, 7) is 7.20. The molecule has 0 fully saturated rings. The molecule has 5 heteroatoms. The standard InChI is InChI=1S/C20H26N4O/c1-14-11-20-22-13-19(16(3)24(20)23-14)15(2)21-12-18(9-10-25)17-7-5-4-6-8-17/h4-8,11,13,15,18,21,25H,9-10,12H2,1-3H3. The second-order valence-corrected chi connectivity index (χ2v) is 6.60. The summed E-state index contributed by atoms with van der Waals surface area (Å²) in [6.07, 6.45) is 2.69. The molecule has 2 aromatic heterocycles. The molecule has 0 radical (unpaired) electrons. The molecule has 0 amide bonds. The van der Waals surface area contributed by atoms with Gasteiger partial charge in [-0.1, -0.05) is 30.3 Å². The Morgan fingerprint density at radius 2 is 1.96 bits per heavy atom. The quantitative estimate of drug-likeness (QED) is 0.695. The first kappa shape index (κ1) is 17.6. The van der Waals surface area contributed by atoms with Crippen LogP contribution < -0.4 is 5.32 Å². The summed E-state index contributed by atoms with van der Waals surface area (Å²) < 4.78 is 1.91. The van der Waals surface area contributed by atoms with E-state index in [1.165, 1.54) is 5.56 Å². The summed E-state index contributed by atoms with van der Waals surface area (Å²) in [5.74, 6) is 0.289. The minimum absolute atomic E-state index is 0.159. The molecule has 2 unspecified atom stereocenters. The Balaban J connectivity index is 1.75. The number of aliphatic hydroxyl groups excluding tert-OH is 1. The zero-order valence-corrected chi connectivity index (χ0v) is 15.1. The van der Waals surface area contributed by atoms with Crippen LogP contribution >= 0.6 is 0 Å². The number of fused-ring (bicyclic) bond motifs is 1. The second kappa shape index (κ2) is 7.76. The van der Waals surface area contributed by atoms with Crippen LogP contribution in [0.25, 0.3) is 5.65 Å². The molecule has 5 nitrogen and oxygen atoms in total. The van der Waals surface area contributed by atoms with Crippen LogP contribution in [0.15, 0.2) is 42.6 Å². The highest BCUT2D eigenvalue weighted by Crippen LogP contribution is 2.22. The fourth-order valence-corrected chi connectivity index (χ4v) is 3.30. The van der Waals surface area contributed by atoms with Gasteiger partial charge in [-0.2, -0.15) is 5.10 Å². The lowest BCUT2D eigenvalue weighted by Crippen LogP contribution is -2.26. The second-order valence-electron chi connectivity index (χ2n) is 6.60. The van der Waals surface area contributed by atoms with E-state index in [1.54, 1.807) is 0 Å². The fourth-order valence-electron chi connectivity index (χ4n) is 3.30. The summed E-state index contributed by atoms with van der Waals surface area (Å²) in [5.41, 5.74) is 5.36. The molecule has 2 N–H and O–H groups in total. The predicted octanol–water partition coefficient (Wildman–Crippen LogP) is 3.16. The number of nitrogens with one attached hydrogen (secondary N) is 1. The molecule has 0 aliphatic carbocycles. The zero-order valence-electron chi connectivity index (χ0n) is 15.1. The lowest BCUT2D eigenvalue weighted by molar-refractivity contribution is 0.272. The molecule has 3 rings (SSSR count). The minimum Gasteiger partial charge on any atom is -0.396 e. The van der Waals surface area contributed by atoms with E-state index in [1.807, 2.05) is 41.9 Å². The van der Waals surface area contributed by atoms with Gasteiger partial charge in [-0.3, -0.25) is 0 Å². The summed E-state index contributed by atoms with van der Waals surface area (Å²) >= 11 is 0. The molecule has 0 aliphatic rings. The smallest absolute Gasteiger partial charge is 0.155 e. The zero-order chi connectivity index (χ0) is 17.8. The van der Waals surface area contributed by atoms with Gasteiger partial charge in [0.05, 0.1) is 5.69 Å². The normalized spacial score (nSPS) is 13.9. The van der Waals surface area contributed by atoms with E-state index in [4.69, 9.17) is 0 Å². The van der Waals surface area contributed by atoms with Crippen LogP contribution in [-0.2, 0) is 0 Å². The highest BCUT2D eigenvalue weighted by Gasteiger charge is 2.16. The van der Waals surface area contributed by atoms with E-state index < -0.39 is 0 Å². The topological polar surface area (TPSA) is 62.5 Å². The number of aliphatic hydroxyl groups is 1. The van der Waals surface area contributed by atoms with E-state index in [-0.39, 0.29) is 18.6 Å². The monoisotopic (exact) mass is 338 g/mol. The summed E-state index contributed by atoms with van der Waals surface area (Å²) in [5, 5.41) is 17.5. The van der Waals surface area contributed by atoms with Gasteiger partial charge in [-0.05, 0) is 38.7 Å². The number of aryl methyl sites for hydroxylation is 2. The van der Waals surface area contributed by atoms with E-state index in [9.17, 15) is 5.11 Å². The van der Waals surface area contributed by atoms with E-state index >= 15 is 0 Å². The number of rotatable bonds is 7. The summed E-state index contributed by atoms with van der Waals surface area (Å²) in [7, 11) is 0. The molecule has 0 spiro atoms. The Labute approximate surface area is 148 Å². The molecule has 2 atom stereocenters. The van der Waals surface area contributed by atoms with Crippen molar-refractivity contribution in [3.8, 4) is 0 Å². The highest BCUT2D eigenvalue weighted by molar-refractivity contribution is 5.42. The molecule has 0 bridgehead atoms. The third-order valence-electron chi connectivity index (χ3n) is 4.77. The Kier molecular flexibility index (Phi) is 5.46. The molecule has 0 aliphatic heterocycles. The van der Waals surface area contributed by atoms with Crippen LogP contribution in [0.5, 0.6) is 0 Å². The van der Waals surface area contributed by atoms with Crippen LogP contribution in [0.4, 0.5) is 0 Å². The van der Waals surface area contributed by atoms with E-state index in [0.29, 0.717) is 0 Å². The van der Waals surface area contributed by atoms with Crippen molar-refractivity contribution in [2.24, 2.45) is 0 Å². The van der Waals surface area contributed by atoms with Crippen molar-refractivity contribution >= 4 is 5.65 Å². The van der Waals surface area contributed by atoms with Crippen molar-refractivity contribution in [3.63, 3.8) is 0 Å². The van der Waals surface area contributed by atoms with Gasteiger partial charge in [-0.25, -0.2) is 9.50 Å². The first-order chi connectivity index (χ1) is 12.1. The fraction of sp³-hybridized carbons (Fsp3) is 0.400. The Morgan fingerprint density at radius 1 is 1.20 bits per heavy atom. The number of benzene rings is 1. The van der Waals surface area contributed by atoms with Crippen molar-refractivity contribution in [1.82, 2.24) is 19.9 Å². The van der Waals surface area contributed by atoms with Gasteiger partial charge >= 0.3 is 0 Å². The van der Waals surface area contributed by atoms with Crippen LogP contribution in [0.2, 0.25) is 0 Å².